The van der Waals surface area contributed by atoms with Crippen LogP contribution in [0.5, 0.6) is 0 Å². The standard InChI is InChI=1S/C12H21NO4/c1-12(2,3)17-11(16)13-8-5-4-7(6-8)9(13)10(14)15/h7-10,14-15H,4-6H2,1-3H3/t7-,8+,9-/m0/s1. The maximum absolute atomic E-state index is 12.0. The van der Waals surface area contributed by atoms with Crippen molar-refractivity contribution in [3.8, 4) is 0 Å². The largest absolute Gasteiger partial charge is 0.444 e. The number of piperidine rings is 1. The van der Waals surface area contributed by atoms with E-state index in [0.717, 1.165) is 19.3 Å². The molecule has 1 amide bonds. The summed E-state index contributed by atoms with van der Waals surface area (Å²) in [5.41, 5.74) is -0.552. The number of likely N-dealkylation sites (tertiary alicyclic amines) is 1. The minimum atomic E-state index is -1.47. The Hall–Kier alpha value is -0.810. The molecule has 2 rings (SSSR count). The van der Waals surface area contributed by atoms with E-state index in [-0.39, 0.29) is 12.0 Å². The van der Waals surface area contributed by atoms with Gasteiger partial charge in [-0.2, -0.15) is 0 Å². The molecule has 2 N–H and O–H groups in total. The summed E-state index contributed by atoms with van der Waals surface area (Å²) in [5.74, 6) is 0.201. The van der Waals surface area contributed by atoms with Gasteiger partial charge in [0.1, 0.15) is 5.60 Å². The van der Waals surface area contributed by atoms with Crippen LogP contribution in [0, 0.1) is 5.92 Å². The van der Waals surface area contributed by atoms with Gasteiger partial charge >= 0.3 is 6.09 Å². The fourth-order valence-corrected chi connectivity index (χ4v) is 3.00. The van der Waals surface area contributed by atoms with Crippen molar-refractivity contribution >= 4 is 6.09 Å². The zero-order valence-electron chi connectivity index (χ0n) is 10.6. The van der Waals surface area contributed by atoms with Gasteiger partial charge in [0.2, 0.25) is 0 Å². The molecule has 1 heterocycles. The van der Waals surface area contributed by atoms with E-state index in [1.165, 1.54) is 4.90 Å². The first-order chi connectivity index (χ1) is 7.79. The minimum absolute atomic E-state index is 0.113. The molecule has 0 spiro atoms. The molecule has 1 aliphatic heterocycles. The molecule has 17 heavy (non-hydrogen) atoms. The Morgan fingerprint density at radius 3 is 2.53 bits per heavy atom. The lowest BCUT2D eigenvalue weighted by atomic mass is 9.98. The highest BCUT2D eigenvalue weighted by Crippen LogP contribution is 2.43. The van der Waals surface area contributed by atoms with Crippen LogP contribution < -0.4 is 0 Å². The zero-order chi connectivity index (χ0) is 12.8. The minimum Gasteiger partial charge on any atom is -0.444 e. The third-order valence-electron chi connectivity index (χ3n) is 3.55. The van der Waals surface area contributed by atoms with E-state index in [1.54, 1.807) is 0 Å². The van der Waals surface area contributed by atoms with Gasteiger partial charge in [-0.25, -0.2) is 4.79 Å². The Labute approximate surface area is 101 Å². The quantitative estimate of drug-likeness (QED) is 0.676. The van der Waals surface area contributed by atoms with Gasteiger partial charge in [-0.15, -0.1) is 0 Å². The molecule has 1 saturated heterocycles. The molecule has 2 fully saturated rings. The monoisotopic (exact) mass is 243 g/mol. The molecule has 1 saturated carbocycles. The van der Waals surface area contributed by atoms with Crippen LogP contribution in [-0.4, -0.2) is 45.2 Å². The van der Waals surface area contributed by atoms with Gasteiger partial charge in [0.15, 0.2) is 6.29 Å². The summed E-state index contributed by atoms with van der Waals surface area (Å²) in [7, 11) is 0. The van der Waals surface area contributed by atoms with Gasteiger partial charge in [0, 0.05) is 6.04 Å². The fourth-order valence-electron chi connectivity index (χ4n) is 3.00. The number of nitrogens with zero attached hydrogens (tertiary/aromatic N) is 1. The Morgan fingerprint density at radius 1 is 1.35 bits per heavy atom. The molecule has 3 atom stereocenters. The highest BCUT2D eigenvalue weighted by atomic mass is 16.6. The molecule has 0 aromatic rings. The van der Waals surface area contributed by atoms with Gasteiger partial charge in [0.05, 0.1) is 6.04 Å². The number of carbonyl (C=O) groups is 1. The number of aliphatic hydroxyl groups is 2. The predicted molar refractivity (Wildman–Crippen MR) is 61.2 cm³/mol. The van der Waals surface area contributed by atoms with Crippen molar-refractivity contribution in [3.05, 3.63) is 0 Å². The highest BCUT2D eigenvalue weighted by Gasteiger charge is 2.51. The van der Waals surface area contributed by atoms with Crippen LogP contribution >= 0.6 is 0 Å². The first kappa shape index (κ1) is 12.6. The first-order valence-electron chi connectivity index (χ1n) is 6.17. The second-order valence-corrected chi connectivity index (χ2v) is 6.02. The number of hydrogen-bond donors (Lipinski definition) is 2. The van der Waals surface area contributed by atoms with E-state index in [0.29, 0.717) is 0 Å². The molecular weight excluding hydrogens is 222 g/mol. The van der Waals surface area contributed by atoms with Gasteiger partial charge in [-0.05, 0) is 46.0 Å². The maximum Gasteiger partial charge on any atom is 0.410 e. The second-order valence-electron chi connectivity index (χ2n) is 6.02. The molecule has 0 unspecified atom stereocenters. The zero-order valence-corrected chi connectivity index (χ0v) is 10.6. The van der Waals surface area contributed by atoms with Gasteiger partial charge in [-0.1, -0.05) is 0 Å². The Bertz CT molecular complexity index is 310. The Balaban J connectivity index is 2.11. The van der Waals surface area contributed by atoms with Crippen molar-refractivity contribution in [3.63, 3.8) is 0 Å². The third-order valence-corrected chi connectivity index (χ3v) is 3.55. The molecule has 2 bridgehead atoms. The lowest BCUT2D eigenvalue weighted by Gasteiger charge is -2.37. The summed E-state index contributed by atoms with van der Waals surface area (Å²) in [6, 6.07) is -0.384. The van der Waals surface area contributed by atoms with Crippen molar-refractivity contribution < 1.29 is 19.7 Å². The SMILES string of the molecule is CC(C)(C)OC(=O)N1[C@@H]2CC[C@@H](C2)[C@H]1C(O)O. The predicted octanol–water partition coefficient (Wildman–Crippen LogP) is 1.09. The van der Waals surface area contributed by atoms with E-state index in [4.69, 9.17) is 4.74 Å². The number of carbonyl (C=O) groups excluding carboxylic acids is 1. The van der Waals surface area contributed by atoms with E-state index in [9.17, 15) is 15.0 Å². The number of rotatable bonds is 1. The van der Waals surface area contributed by atoms with E-state index < -0.39 is 24.0 Å². The van der Waals surface area contributed by atoms with Crippen molar-refractivity contribution in [2.45, 2.75) is 64.0 Å². The van der Waals surface area contributed by atoms with Crippen LogP contribution in [0.15, 0.2) is 0 Å². The summed E-state index contributed by atoms with van der Waals surface area (Å²) in [5, 5.41) is 18.8. The molecule has 98 valence electrons. The average Bonchev–Trinajstić information content (AvgIpc) is 2.72. The van der Waals surface area contributed by atoms with E-state index in [1.807, 2.05) is 20.8 Å². The molecule has 5 nitrogen and oxygen atoms in total. The van der Waals surface area contributed by atoms with Crippen LogP contribution in [0.2, 0.25) is 0 Å². The molecule has 2 aliphatic rings. The second kappa shape index (κ2) is 4.14. The number of amides is 1. The molecule has 5 heteroatoms. The van der Waals surface area contributed by atoms with Crippen LogP contribution in [0.1, 0.15) is 40.0 Å². The number of ether oxygens (including phenoxy) is 1. The van der Waals surface area contributed by atoms with Crippen molar-refractivity contribution in [2.24, 2.45) is 5.92 Å². The van der Waals surface area contributed by atoms with E-state index in [2.05, 4.69) is 0 Å². The van der Waals surface area contributed by atoms with E-state index >= 15 is 0 Å². The summed E-state index contributed by atoms with van der Waals surface area (Å²) >= 11 is 0. The fraction of sp³-hybridized carbons (Fsp3) is 0.917. The Kier molecular flexibility index (Phi) is 3.08. The maximum atomic E-state index is 12.0. The topological polar surface area (TPSA) is 70.0 Å². The van der Waals surface area contributed by atoms with Crippen molar-refractivity contribution in [2.75, 3.05) is 0 Å². The highest BCUT2D eigenvalue weighted by molar-refractivity contribution is 5.70. The summed E-state index contributed by atoms with van der Waals surface area (Å²) in [6.45, 7) is 5.43. The molecular formula is C12H21NO4. The van der Waals surface area contributed by atoms with Crippen LogP contribution in [-0.2, 0) is 4.74 Å². The lowest BCUT2D eigenvalue weighted by molar-refractivity contribution is -0.112. The van der Waals surface area contributed by atoms with Gasteiger partial charge < -0.3 is 14.9 Å². The Morgan fingerprint density at radius 2 is 2.00 bits per heavy atom. The lowest BCUT2D eigenvalue weighted by Crippen LogP contribution is -2.52. The molecule has 1 aliphatic carbocycles. The molecule has 0 aromatic heterocycles. The third kappa shape index (κ3) is 2.40. The molecule has 0 aromatic carbocycles. The first-order valence-corrected chi connectivity index (χ1v) is 6.17. The van der Waals surface area contributed by atoms with Crippen molar-refractivity contribution in [1.82, 2.24) is 4.90 Å². The summed E-state index contributed by atoms with van der Waals surface area (Å²) in [6.07, 6.45) is 0.863. The number of aliphatic hydroxyl groups excluding tert-OH is 1. The molecule has 0 radical (unpaired) electrons. The smallest absolute Gasteiger partial charge is 0.410 e. The average molecular weight is 243 g/mol. The normalized spacial score (nSPS) is 32.4. The van der Waals surface area contributed by atoms with Crippen molar-refractivity contribution in [1.29, 1.82) is 0 Å². The van der Waals surface area contributed by atoms with Crippen LogP contribution in [0.4, 0.5) is 4.79 Å². The number of fused-ring (bicyclic) bond motifs is 2. The summed E-state index contributed by atoms with van der Waals surface area (Å²) < 4.78 is 5.32. The van der Waals surface area contributed by atoms with Gasteiger partial charge in [0.25, 0.3) is 0 Å². The van der Waals surface area contributed by atoms with Crippen LogP contribution in [0.25, 0.3) is 0 Å². The summed E-state index contributed by atoms with van der Waals surface area (Å²) in [4.78, 5) is 13.6. The van der Waals surface area contributed by atoms with Crippen LogP contribution in [0.3, 0.4) is 0 Å². The van der Waals surface area contributed by atoms with Gasteiger partial charge in [-0.3, -0.25) is 4.90 Å². The number of hydrogen-bond acceptors (Lipinski definition) is 4.